The van der Waals surface area contributed by atoms with Gasteiger partial charge in [0.25, 0.3) is 5.91 Å². The quantitative estimate of drug-likeness (QED) is 0.662. The maximum atomic E-state index is 12.5. The smallest absolute Gasteiger partial charge is 0.317 e. The van der Waals surface area contributed by atoms with Gasteiger partial charge in [0.15, 0.2) is 0 Å². The Kier molecular flexibility index (Phi) is 5.85. The number of rotatable bonds is 9. The highest BCUT2D eigenvalue weighted by atomic mass is 16.4. The minimum atomic E-state index is -0.783. The van der Waals surface area contributed by atoms with Crippen LogP contribution < -0.4 is 5.32 Å². The van der Waals surface area contributed by atoms with Gasteiger partial charge in [0, 0.05) is 43.7 Å². The molecule has 1 aliphatic heterocycles. The maximum absolute atomic E-state index is 12.5. The first-order valence-electron chi connectivity index (χ1n) is 10.6. The number of aliphatic carboxylic acids is 1. The summed E-state index contributed by atoms with van der Waals surface area (Å²) in [6, 6.07) is 7.79. The first-order valence-corrected chi connectivity index (χ1v) is 10.6. The van der Waals surface area contributed by atoms with E-state index in [9.17, 15) is 14.4 Å². The second-order valence-corrected chi connectivity index (χ2v) is 8.68. The fourth-order valence-electron chi connectivity index (χ4n) is 4.27. The van der Waals surface area contributed by atoms with Crippen LogP contribution in [0.15, 0.2) is 24.3 Å². The number of nitrogens with one attached hydrogen (secondary N) is 1. The van der Waals surface area contributed by atoms with Crippen LogP contribution in [0.3, 0.4) is 0 Å². The van der Waals surface area contributed by atoms with Crippen molar-refractivity contribution in [3.8, 4) is 0 Å². The molecular weight excluding hydrogens is 370 g/mol. The SMILES string of the molecule is O=C(O)CN(CC1CC1)C1CC(NC(=O)c2ccc(CN3CCCC3=O)cc2)C1. The Hall–Kier alpha value is -2.41. The van der Waals surface area contributed by atoms with Crippen LogP contribution in [0.5, 0.6) is 0 Å². The molecule has 29 heavy (non-hydrogen) atoms. The summed E-state index contributed by atoms with van der Waals surface area (Å²) >= 11 is 0. The van der Waals surface area contributed by atoms with E-state index in [2.05, 4.69) is 10.2 Å². The zero-order valence-corrected chi connectivity index (χ0v) is 16.7. The highest BCUT2D eigenvalue weighted by Crippen LogP contribution is 2.33. The number of carbonyl (C=O) groups is 3. The standard InChI is InChI=1S/C22H29N3O4/c26-20-2-1-9-24(20)12-16-5-7-17(8-6-16)22(29)23-18-10-19(11-18)25(14-21(27)28)13-15-3-4-15/h5-8,15,18-19H,1-4,9-14H2,(H,23,29)(H,27,28). The average molecular weight is 399 g/mol. The van der Waals surface area contributed by atoms with Crippen LogP contribution in [0.25, 0.3) is 0 Å². The van der Waals surface area contributed by atoms with Crippen molar-refractivity contribution in [3.63, 3.8) is 0 Å². The van der Waals surface area contributed by atoms with E-state index in [1.807, 2.05) is 29.2 Å². The summed E-state index contributed by atoms with van der Waals surface area (Å²) in [7, 11) is 0. The van der Waals surface area contributed by atoms with Gasteiger partial charge < -0.3 is 15.3 Å². The van der Waals surface area contributed by atoms with Crippen LogP contribution >= 0.6 is 0 Å². The molecule has 1 heterocycles. The van der Waals surface area contributed by atoms with Crippen LogP contribution in [0.1, 0.15) is 54.4 Å². The molecule has 7 nitrogen and oxygen atoms in total. The Morgan fingerprint density at radius 3 is 2.48 bits per heavy atom. The Morgan fingerprint density at radius 1 is 1.17 bits per heavy atom. The number of carboxylic acids is 1. The molecule has 0 atom stereocenters. The van der Waals surface area contributed by atoms with E-state index in [1.54, 1.807) is 0 Å². The van der Waals surface area contributed by atoms with E-state index >= 15 is 0 Å². The summed E-state index contributed by atoms with van der Waals surface area (Å²) < 4.78 is 0. The van der Waals surface area contributed by atoms with Crippen LogP contribution in [0, 0.1) is 5.92 Å². The van der Waals surface area contributed by atoms with Gasteiger partial charge in [-0.25, -0.2) is 0 Å². The highest BCUT2D eigenvalue weighted by Gasteiger charge is 2.37. The number of hydrogen-bond acceptors (Lipinski definition) is 4. The zero-order chi connectivity index (χ0) is 20.4. The fourth-order valence-corrected chi connectivity index (χ4v) is 4.27. The molecule has 2 saturated carbocycles. The van der Waals surface area contributed by atoms with Gasteiger partial charge in [-0.2, -0.15) is 0 Å². The predicted octanol–water partition coefficient (Wildman–Crippen LogP) is 1.87. The topological polar surface area (TPSA) is 89.9 Å². The van der Waals surface area contributed by atoms with Crippen LogP contribution in [0.4, 0.5) is 0 Å². The predicted molar refractivity (Wildman–Crippen MR) is 107 cm³/mol. The summed E-state index contributed by atoms with van der Waals surface area (Å²) in [5.74, 6) is -0.0274. The van der Waals surface area contributed by atoms with E-state index < -0.39 is 5.97 Å². The van der Waals surface area contributed by atoms with E-state index in [4.69, 9.17) is 5.11 Å². The molecular formula is C22H29N3O4. The number of carbonyl (C=O) groups excluding carboxylic acids is 2. The second-order valence-electron chi connectivity index (χ2n) is 8.68. The average Bonchev–Trinajstić information content (AvgIpc) is 3.38. The van der Waals surface area contributed by atoms with Crippen molar-refractivity contribution < 1.29 is 19.5 Å². The molecule has 0 spiro atoms. The third-order valence-electron chi connectivity index (χ3n) is 6.25. The minimum absolute atomic E-state index is 0.0861. The molecule has 2 aliphatic carbocycles. The minimum Gasteiger partial charge on any atom is -0.480 e. The Balaban J connectivity index is 1.24. The first-order chi connectivity index (χ1) is 14.0. The molecule has 2 N–H and O–H groups in total. The number of benzene rings is 1. The molecule has 0 aromatic heterocycles. The van der Waals surface area contributed by atoms with Gasteiger partial charge in [0.2, 0.25) is 5.91 Å². The van der Waals surface area contributed by atoms with Gasteiger partial charge in [0.1, 0.15) is 0 Å². The number of carboxylic acid groups (broad SMARTS) is 1. The van der Waals surface area contributed by atoms with E-state index in [0.717, 1.165) is 37.9 Å². The van der Waals surface area contributed by atoms with Crippen molar-refractivity contribution in [3.05, 3.63) is 35.4 Å². The van der Waals surface area contributed by atoms with Gasteiger partial charge >= 0.3 is 5.97 Å². The molecule has 1 saturated heterocycles. The second kappa shape index (κ2) is 8.53. The summed E-state index contributed by atoms with van der Waals surface area (Å²) in [4.78, 5) is 39.3. The van der Waals surface area contributed by atoms with Crippen molar-refractivity contribution >= 4 is 17.8 Å². The van der Waals surface area contributed by atoms with E-state index in [0.29, 0.717) is 24.4 Å². The largest absolute Gasteiger partial charge is 0.480 e. The molecule has 1 aromatic rings. The highest BCUT2D eigenvalue weighted by molar-refractivity contribution is 5.94. The maximum Gasteiger partial charge on any atom is 0.317 e. The summed E-state index contributed by atoms with van der Waals surface area (Å²) in [5, 5.41) is 12.2. The monoisotopic (exact) mass is 399 g/mol. The number of nitrogens with zero attached hydrogens (tertiary/aromatic N) is 2. The summed E-state index contributed by atoms with van der Waals surface area (Å²) in [6.07, 6.45) is 5.57. The molecule has 0 bridgehead atoms. The molecule has 0 radical (unpaired) electrons. The molecule has 156 valence electrons. The summed E-state index contributed by atoms with van der Waals surface area (Å²) in [5.41, 5.74) is 1.65. The fraction of sp³-hybridized carbons (Fsp3) is 0.591. The van der Waals surface area contributed by atoms with Crippen molar-refractivity contribution in [2.24, 2.45) is 5.92 Å². The van der Waals surface area contributed by atoms with Crippen molar-refractivity contribution in [1.29, 1.82) is 0 Å². The normalized spacial score (nSPS) is 23.9. The van der Waals surface area contributed by atoms with E-state index in [-0.39, 0.29) is 30.4 Å². The van der Waals surface area contributed by atoms with Crippen molar-refractivity contribution in [2.45, 2.75) is 57.2 Å². The lowest BCUT2D eigenvalue weighted by Gasteiger charge is -2.42. The van der Waals surface area contributed by atoms with Gasteiger partial charge in [-0.1, -0.05) is 12.1 Å². The Morgan fingerprint density at radius 2 is 1.90 bits per heavy atom. The molecule has 2 amide bonds. The zero-order valence-electron chi connectivity index (χ0n) is 16.7. The molecule has 4 rings (SSSR count). The van der Waals surface area contributed by atoms with Crippen molar-refractivity contribution in [1.82, 2.24) is 15.1 Å². The molecule has 7 heteroatoms. The lowest BCUT2D eigenvalue weighted by molar-refractivity contribution is -0.139. The van der Waals surface area contributed by atoms with Crippen molar-refractivity contribution in [2.75, 3.05) is 19.6 Å². The molecule has 1 aromatic carbocycles. The van der Waals surface area contributed by atoms with Gasteiger partial charge in [-0.15, -0.1) is 0 Å². The van der Waals surface area contributed by atoms with Gasteiger partial charge in [-0.3, -0.25) is 19.3 Å². The Labute approximate surface area is 171 Å². The molecule has 0 unspecified atom stereocenters. The first kappa shape index (κ1) is 19.9. The number of amides is 2. The van der Waals surface area contributed by atoms with Crippen LogP contribution in [0.2, 0.25) is 0 Å². The lowest BCUT2D eigenvalue weighted by Crippen LogP contribution is -2.55. The lowest BCUT2D eigenvalue weighted by atomic mass is 9.85. The summed E-state index contributed by atoms with van der Waals surface area (Å²) in [6.45, 7) is 2.36. The molecule has 3 aliphatic rings. The molecule has 3 fully saturated rings. The third kappa shape index (κ3) is 5.15. The number of hydrogen-bond donors (Lipinski definition) is 2. The van der Waals surface area contributed by atoms with E-state index in [1.165, 1.54) is 12.8 Å². The Bertz CT molecular complexity index is 769. The third-order valence-corrected chi connectivity index (χ3v) is 6.25. The number of likely N-dealkylation sites (tertiary alicyclic amines) is 1. The van der Waals surface area contributed by atoms with Gasteiger partial charge in [0.05, 0.1) is 6.54 Å². The van der Waals surface area contributed by atoms with Gasteiger partial charge in [-0.05, 0) is 55.7 Å². The van der Waals surface area contributed by atoms with Crippen LogP contribution in [-0.4, -0.2) is 64.4 Å². The van der Waals surface area contributed by atoms with Crippen LogP contribution in [-0.2, 0) is 16.1 Å².